The largest absolute Gasteiger partial charge is 0.457 e. The zero-order valence-corrected chi connectivity index (χ0v) is 13.5. The minimum Gasteiger partial charge on any atom is -0.457 e. The Morgan fingerprint density at radius 2 is 2.08 bits per heavy atom. The van der Waals surface area contributed by atoms with E-state index in [1.165, 1.54) is 12.1 Å². The molecular weight excluding hydrogens is 309 g/mol. The van der Waals surface area contributed by atoms with E-state index in [-0.39, 0.29) is 11.3 Å². The van der Waals surface area contributed by atoms with Gasteiger partial charge in [0.25, 0.3) is 5.91 Å². The van der Waals surface area contributed by atoms with Gasteiger partial charge in [-0.3, -0.25) is 9.48 Å². The number of aromatic nitrogens is 2. The highest BCUT2D eigenvalue weighted by Gasteiger charge is 2.13. The van der Waals surface area contributed by atoms with Crippen LogP contribution in [0.15, 0.2) is 42.6 Å². The Hall–Kier alpha value is -2.89. The van der Waals surface area contributed by atoms with E-state index < -0.39 is 11.7 Å². The van der Waals surface area contributed by atoms with Crippen molar-refractivity contribution in [1.29, 1.82) is 0 Å². The first-order valence-electron chi connectivity index (χ1n) is 7.67. The minimum absolute atomic E-state index is 0.00519. The molecule has 0 bridgehead atoms. The van der Waals surface area contributed by atoms with Gasteiger partial charge in [0.05, 0.1) is 17.3 Å². The Morgan fingerprint density at radius 3 is 2.79 bits per heavy atom. The molecule has 24 heavy (non-hydrogen) atoms. The number of primary amides is 1. The molecule has 0 aliphatic carbocycles. The number of hydrogen-bond acceptors (Lipinski definition) is 3. The predicted octanol–water partition coefficient (Wildman–Crippen LogP) is 3.72. The van der Waals surface area contributed by atoms with Crippen LogP contribution in [0.1, 0.15) is 24.2 Å². The van der Waals surface area contributed by atoms with Crippen molar-refractivity contribution in [3.05, 3.63) is 54.0 Å². The highest BCUT2D eigenvalue weighted by Crippen LogP contribution is 2.28. The molecule has 1 aromatic heterocycles. The molecule has 3 aromatic rings. The van der Waals surface area contributed by atoms with Crippen LogP contribution in [0.3, 0.4) is 0 Å². The number of nitrogens with zero attached hydrogens (tertiary/aromatic N) is 2. The van der Waals surface area contributed by atoms with Gasteiger partial charge in [-0.25, -0.2) is 4.39 Å². The molecule has 0 spiro atoms. The molecule has 0 saturated carbocycles. The Balaban J connectivity index is 1.93. The molecule has 2 N–H and O–H groups in total. The first-order valence-corrected chi connectivity index (χ1v) is 7.67. The topological polar surface area (TPSA) is 70.1 Å². The summed E-state index contributed by atoms with van der Waals surface area (Å²) in [6, 6.07) is 9.20. The summed E-state index contributed by atoms with van der Waals surface area (Å²) < 4.78 is 20.9. The number of hydrogen-bond donors (Lipinski definition) is 1. The van der Waals surface area contributed by atoms with Gasteiger partial charge in [0.1, 0.15) is 17.3 Å². The second kappa shape index (κ2) is 6.31. The fourth-order valence-electron chi connectivity index (χ4n) is 2.53. The van der Waals surface area contributed by atoms with E-state index in [1.807, 2.05) is 16.8 Å². The monoisotopic (exact) mass is 327 g/mol. The third-order valence-electron chi connectivity index (χ3n) is 3.59. The lowest BCUT2D eigenvalue weighted by Crippen LogP contribution is -2.12. The van der Waals surface area contributed by atoms with Crippen LogP contribution in [-0.4, -0.2) is 15.7 Å². The van der Waals surface area contributed by atoms with Crippen LogP contribution in [0, 0.1) is 11.7 Å². The van der Waals surface area contributed by atoms with Gasteiger partial charge in [0.2, 0.25) is 0 Å². The molecule has 0 fully saturated rings. The number of nitrogens with two attached hydrogens (primary N) is 1. The molecule has 5 nitrogen and oxygen atoms in total. The molecule has 0 radical (unpaired) electrons. The highest BCUT2D eigenvalue weighted by atomic mass is 19.1. The Labute approximate surface area is 138 Å². The van der Waals surface area contributed by atoms with Gasteiger partial charge in [-0.2, -0.15) is 5.10 Å². The quantitative estimate of drug-likeness (QED) is 0.776. The third kappa shape index (κ3) is 3.22. The molecule has 6 heteroatoms. The van der Waals surface area contributed by atoms with Crippen LogP contribution in [-0.2, 0) is 6.54 Å². The van der Waals surface area contributed by atoms with Crippen molar-refractivity contribution in [2.75, 3.05) is 0 Å². The highest BCUT2D eigenvalue weighted by molar-refractivity contribution is 5.95. The summed E-state index contributed by atoms with van der Waals surface area (Å²) in [6.45, 7) is 5.09. The van der Waals surface area contributed by atoms with Crippen LogP contribution in [0.5, 0.6) is 11.5 Å². The smallest absolute Gasteiger partial charge is 0.252 e. The average molecular weight is 327 g/mol. The van der Waals surface area contributed by atoms with Gasteiger partial charge in [-0.1, -0.05) is 13.8 Å². The summed E-state index contributed by atoms with van der Waals surface area (Å²) in [5.41, 5.74) is 6.29. The van der Waals surface area contributed by atoms with Crippen LogP contribution in [0.4, 0.5) is 4.39 Å². The molecule has 1 amide bonds. The Bertz CT molecular complexity index is 902. The van der Waals surface area contributed by atoms with E-state index in [0.29, 0.717) is 11.7 Å². The lowest BCUT2D eigenvalue weighted by atomic mass is 10.2. The normalized spacial score (nSPS) is 11.2. The molecule has 0 saturated heterocycles. The van der Waals surface area contributed by atoms with Crippen LogP contribution < -0.4 is 10.5 Å². The van der Waals surface area contributed by atoms with Crippen molar-refractivity contribution in [1.82, 2.24) is 9.78 Å². The maximum absolute atomic E-state index is 13.3. The SMILES string of the molecule is CC(C)Cn1ncc2cc(Oc3ccc(F)cc3C(N)=O)ccc21. The first kappa shape index (κ1) is 16.0. The van der Waals surface area contributed by atoms with Crippen LogP contribution >= 0.6 is 0 Å². The molecular formula is C18H18FN3O2. The summed E-state index contributed by atoms with van der Waals surface area (Å²) >= 11 is 0. The standard InChI is InChI=1S/C18H18FN3O2/c1-11(2)10-22-16-5-4-14(7-12(16)9-21-22)24-17-6-3-13(19)8-15(17)18(20)23/h3-9,11H,10H2,1-2H3,(H2,20,23). The van der Waals surface area contributed by atoms with E-state index in [0.717, 1.165) is 23.5 Å². The molecule has 0 atom stereocenters. The average Bonchev–Trinajstić information content (AvgIpc) is 2.90. The summed E-state index contributed by atoms with van der Waals surface area (Å²) in [5.74, 6) is -0.0446. The number of ether oxygens (including phenoxy) is 1. The van der Waals surface area contributed by atoms with Crippen molar-refractivity contribution < 1.29 is 13.9 Å². The second-order valence-corrected chi connectivity index (χ2v) is 6.05. The second-order valence-electron chi connectivity index (χ2n) is 6.05. The summed E-state index contributed by atoms with van der Waals surface area (Å²) in [7, 11) is 0. The summed E-state index contributed by atoms with van der Waals surface area (Å²) in [4.78, 5) is 11.4. The summed E-state index contributed by atoms with van der Waals surface area (Å²) in [6.07, 6.45) is 1.77. The number of rotatable bonds is 5. The first-order chi connectivity index (χ1) is 11.4. The van der Waals surface area contributed by atoms with Crippen molar-refractivity contribution >= 4 is 16.8 Å². The lowest BCUT2D eigenvalue weighted by molar-refractivity contribution is 0.0997. The maximum atomic E-state index is 13.3. The molecule has 2 aromatic carbocycles. The Kier molecular flexibility index (Phi) is 4.20. The van der Waals surface area contributed by atoms with Gasteiger partial charge in [-0.15, -0.1) is 0 Å². The maximum Gasteiger partial charge on any atom is 0.252 e. The zero-order valence-electron chi connectivity index (χ0n) is 13.5. The van der Waals surface area contributed by atoms with Gasteiger partial charge < -0.3 is 10.5 Å². The van der Waals surface area contributed by atoms with Crippen molar-refractivity contribution in [3.63, 3.8) is 0 Å². The molecule has 1 heterocycles. The third-order valence-corrected chi connectivity index (χ3v) is 3.59. The van der Waals surface area contributed by atoms with Gasteiger partial charge in [0.15, 0.2) is 0 Å². The van der Waals surface area contributed by atoms with Crippen LogP contribution in [0.2, 0.25) is 0 Å². The molecule has 124 valence electrons. The number of halogens is 1. The number of carbonyl (C=O) groups excluding carboxylic acids is 1. The van der Waals surface area contributed by atoms with Crippen LogP contribution in [0.25, 0.3) is 10.9 Å². The molecule has 0 aliphatic rings. The van der Waals surface area contributed by atoms with Gasteiger partial charge in [0, 0.05) is 11.9 Å². The zero-order chi connectivity index (χ0) is 17.3. The molecule has 0 unspecified atom stereocenters. The van der Waals surface area contributed by atoms with E-state index >= 15 is 0 Å². The number of carbonyl (C=O) groups is 1. The fourth-order valence-corrected chi connectivity index (χ4v) is 2.53. The molecule has 0 aliphatic heterocycles. The number of amides is 1. The van der Waals surface area contributed by atoms with Gasteiger partial charge >= 0.3 is 0 Å². The number of benzene rings is 2. The van der Waals surface area contributed by atoms with E-state index in [2.05, 4.69) is 18.9 Å². The van der Waals surface area contributed by atoms with Crippen molar-refractivity contribution in [3.8, 4) is 11.5 Å². The van der Waals surface area contributed by atoms with E-state index in [9.17, 15) is 9.18 Å². The lowest BCUT2D eigenvalue weighted by Gasteiger charge is -2.10. The predicted molar refractivity (Wildman–Crippen MR) is 89.6 cm³/mol. The van der Waals surface area contributed by atoms with Gasteiger partial charge in [-0.05, 0) is 42.3 Å². The fraction of sp³-hybridized carbons (Fsp3) is 0.222. The van der Waals surface area contributed by atoms with E-state index in [1.54, 1.807) is 12.3 Å². The Morgan fingerprint density at radius 1 is 1.29 bits per heavy atom. The number of fused-ring (bicyclic) bond motifs is 1. The van der Waals surface area contributed by atoms with Crippen molar-refractivity contribution in [2.24, 2.45) is 11.7 Å². The van der Waals surface area contributed by atoms with Crippen molar-refractivity contribution in [2.45, 2.75) is 20.4 Å². The summed E-state index contributed by atoms with van der Waals surface area (Å²) in [5, 5.41) is 5.31. The van der Waals surface area contributed by atoms with E-state index in [4.69, 9.17) is 10.5 Å². The molecule has 3 rings (SSSR count). The minimum atomic E-state index is -0.740.